The Kier molecular flexibility index (Phi) is 5.34. The van der Waals surface area contributed by atoms with E-state index in [1.165, 1.54) is 17.7 Å². The number of hydrogen-bond donors (Lipinski definition) is 1. The number of nitrogens with zero attached hydrogens (tertiary/aromatic N) is 2. The van der Waals surface area contributed by atoms with Gasteiger partial charge < -0.3 is 5.32 Å². The average molecular weight is 347 g/mol. The van der Waals surface area contributed by atoms with Crippen LogP contribution < -0.4 is 5.32 Å². The van der Waals surface area contributed by atoms with E-state index in [1.54, 1.807) is 24.5 Å². The minimum Gasteiger partial charge on any atom is -0.326 e. The van der Waals surface area contributed by atoms with Gasteiger partial charge in [0.2, 0.25) is 5.91 Å². The molecule has 0 aliphatic heterocycles. The number of nitro benzene ring substituents is 1. The number of nitrogens with one attached hydrogen (secondary N) is 1. The highest BCUT2D eigenvalue weighted by Gasteiger charge is 2.08. The molecule has 3 aromatic rings. The van der Waals surface area contributed by atoms with Crippen LogP contribution in [0, 0.1) is 10.1 Å². The fraction of sp³-hybridized carbons (Fsp3) is 0.100. The average Bonchev–Trinajstić information content (AvgIpc) is 2.64. The van der Waals surface area contributed by atoms with Gasteiger partial charge in [0.25, 0.3) is 5.69 Å². The number of carbonyl (C=O) groups is 1. The summed E-state index contributed by atoms with van der Waals surface area (Å²) < 4.78 is 0. The van der Waals surface area contributed by atoms with Gasteiger partial charge in [-0.1, -0.05) is 24.3 Å². The van der Waals surface area contributed by atoms with Crippen LogP contribution in [0.3, 0.4) is 0 Å². The molecule has 0 bridgehead atoms. The molecule has 2 aromatic carbocycles. The van der Waals surface area contributed by atoms with E-state index in [-0.39, 0.29) is 18.0 Å². The van der Waals surface area contributed by atoms with Gasteiger partial charge in [-0.05, 0) is 47.4 Å². The molecule has 26 heavy (non-hydrogen) atoms. The van der Waals surface area contributed by atoms with Gasteiger partial charge in [0.1, 0.15) is 0 Å². The topological polar surface area (TPSA) is 85.1 Å². The van der Waals surface area contributed by atoms with Gasteiger partial charge in [-0.15, -0.1) is 0 Å². The number of rotatable bonds is 6. The zero-order chi connectivity index (χ0) is 18.4. The molecular formula is C20H17N3O3. The quantitative estimate of drug-likeness (QED) is 0.543. The zero-order valence-corrected chi connectivity index (χ0v) is 14.0. The first-order chi connectivity index (χ1) is 12.6. The Morgan fingerprint density at radius 3 is 2.08 bits per heavy atom. The molecule has 0 radical (unpaired) electrons. The Morgan fingerprint density at radius 2 is 1.46 bits per heavy atom. The van der Waals surface area contributed by atoms with Gasteiger partial charge in [0.15, 0.2) is 0 Å². The van der Waals surface area contributed by atoms with E-state index in [4.69, 9.17) is 0 Å². The van der Waals surface area contributed by atoms with Crippen molar-refractivity contribution in [3.8, 4) is 0 Å². The summed E-state index contributed by atoms with van der Waals surface area (Å²) in [6.45, 7) is 0. The van der Waals surface area contributed by atoms with Crippen LogP contribution in [0.15, 0.2) is 73.1 Å². The van der Waals surface area contributed by atoms with Crippen LogP contribution >= 0.6 is 0 Å². The van der Waals surface area contributed by atoms with E-state index in [0.717, 1.165) is 23.2 Å². The largest absolute Gasteiger partial charge is 0.326 e. The minimum atomic E-state index is -0.461. The van der Waals surface area contributed by atoms with Crippen LogP contribution in [0.2, 0.25) is 0 Å². The molecule has 1 aromatic heterocycles. The lowest BCUT2D eigenvalue weighted by Crippen LogP contribution is -2.14. The number of benzene rings is 2. The summed E-state index contributed by atoms with van der Waals surface area (Å²) >= 11 is 0. The fourth-order valence-corrected chi connectivity index (χ4v) is 2.57. The minimum absolute atomic E-state index is 0.0129. The number of aromatic nitrogens is 1. The summed E-state index contributed by atoms with van der Waals surface area (Å²) in [5.41, 5.74) is 3.77. The highest BCUT2D eigenvalue weighted by Crippen LogP contribution is 2.15. The van der Waals surface area contributed by atoms with Gasteiger partial charge >= 0.3 is 0 Å². The second kappa shape index (κ2) is 8.02. The predicted octanol–water partition coefficient (Wildman–Crippen LogP) is 3.76. The van der Waals surface area contributed by atoms with Crippen LogP contribution in [0.4, 0.5) is 11.4 Å². The van der Waals surface area contributed by atoms with Crippen molar-refractivity contribution >= 4 is 17.3 Å². The van der Waals surface area contributed by atoms with Crippen LogP contribution in [0.5, 0.6) is 0 Å². The first-order valence-electron chi connectivity index (χ1n) is 8.11. The lowest BCUT2D eigenvalue weighted by atomic mass is 10.1. The SMILES string of the molecule is O=C(Cc1ccc([N+](=O)[O-])cc1)Nc1ccc(Cc2ccncc2)cc1. The third-order valence-corrected chi connectivity index (χ3v) is 3.91. The van der Waals surface area contributed by atoms with Gasteiger partial charge in [0, 0.05) is 30.2 Å². The molecule has 0 saturated heterocycles. The lowest BCUT2D eigenvalue weighted by molar-refractivity contribution is -0.384. The summed E-state index contributed by atoms with van der Waals surface area (Å²) in [6.07, 6.45) is 4.50. The summed E-state index contributed by atoms with van der Waals surface area (Å²) in [6, 6.07) is 17.6. The highest BCUT2D eigenvalue weighted by atomic mass is 16.6. The first kappa shape index (κ1) is 17.3. The monoisotopic (exact) mass is 347 g/mol. The van der Waals surface area contributed by atoms with Crippen LogP contribution in [-0.2, 0) is 17.6 Å². The molecule has 0 aliphatic carbocycles. The molecule has 1 heterocycles. The molecule has 0 spiro atoms. The highest BCUT2D eigenvalue weighted by molar-refractivity contribution is 5.92. The molecule has 6 nitrogen and oxygen atoms in total. The maximum absolute atomic E-state index is 12.1. The molecule has 3 rings (SSSR count). The normalized spacial score (nSPS) is 10.3. The third-order valence-electron chi connectivity index (χ3n) is 3.91. The van der Waals surface area contributed by atoms with E-state index in [9.17, 15) is 14.9 Å². The predicted molar refractivity (Wildman–Crippen MR) is 98.9 cm³/mol. The molecule has 1 amide bonds. The van der Waals surface area contributed by atoms with Crippen molar-refractivity contribution in [2.24, 2.45) is 0 Å². The Hall–Kier alpha value is -3.54. The Morgan fingerprint density at radius 1 is 0.885 bits per heavy atom. The van der Waals surface area contributed by atoms with Gasteiger partial charge in [0.05, 0.1) is 11.3 Å². The number of non-ortho nitro benzene ring substituents is 1. The molecular weight excluding hydrogens is 330 g/mol. The van der Waals surface area contributed by atoms with E-state index >= 15 is 0 Å². The van der Waals surface area contributed by atoms with Crippen molar-refractivity contribution in [2.75, 3.05) is 5.32 Å². The molecule has 0 fully saturated rings. The number of anilines is 1. The van der Waals surface area contributed by atoms with E-state index in [2.05, 4.69) is 10.3 Å². The Balaban J connectivity index is 1.56. The smallest absolute Gasteiger partial charge is 0.269 e. The van der Waals surface area contributed by atoms with E-state index in [0.29, 0.717) is 0 Å². The van der Waals surface area contributed by atoms with E-state index < -0.39 is 4.92 Å². The summed E-state index contributed by atoms with van der Waals surface area (Å²) in [5, 5.41) is 13.5. The number of carbonyl (C=O) groups excluding carboxylic acids is 1. The first-order valence-corrected chi connectivity index (χ1v) is 8.11. The molecule has 0 aliphatic rings. The van der Waals surface area contributed by atoms with Crippen LogP contribution in [-0.4, -0.2) is 15.8 Å². The second-order valence-electron chi connectivity index (χ2n) is 5.88. The molecule has 0 unspecified atom stereocenters. The van der Waals surface area contributed by atoms with Crippen molar-refractivity contribution in [3.63, 3.8) is 0 Å². The summed E-state index contributed by atoms with van der Waals surface area (Å²) in [4.78, 5) is 26.3. The second-order valence-corrected chi connectivity index (χ2v) is 5.88. The fourth-order valence-electron chi connectivity index (χ4n) is 2.57. The standard InChI is InChI=1S/C20H17N3O3/c24-20(14-16-3-7-19(8-4-16)23(25)26)22-18-5-1-15(2-6-18)13-17-9-11-21-12-10-17/h1-12H,13-14H2,(H,22,24). The van der Waals surface area contributed by atoms with Crippen molar-refractivity contribution in [2.45, 2.75) is 12.8 Å². The maximum atomic E-state index is 12.1. The number of pyridine rings is 1. The molecule has 0 atom stereocenters. The van der Waals surface area contributed by atoms with Gasteiger partial charge in [-0.25, -0.2) is 0 Å². The molecule has 6 heteroatoms. The lowest BCUT2D eigenvalue weighted by Gasteiger charge is -2.07. The van der Waals surface area contributed by atoms with Crippen molar-refractivity contribution < 1.29 is 9.72 Å². The van der Waals surface area contributed by atoms with Crippen molar-refractivity contribution in [3.05, 3.63) is 99.9 Å². The molecule has 0 saturated carbocycles. The maximum Gasteiger partial charge on any atom is 0.269 e. The molecule has 130 valence electrons. The van der Waals surface area contributed by atoms with Gasteiger partial charge in [-0.2, -0.15) is 0 Å². The van der Waals surface area contributed by atoms with Gasteiger partial charge in [-0.3, -0.25) is 19.9 Å². The van der Waals surface area contributed by atoms with E-state index in [1.807, 2.05) is 36.4 Å². The number of hydrogen-bond acceptors (Lipinski definition) is 4. The number of amides is 1. The Labute approximate surface area is 150 Å². The van der Waals surface area contributed by atoms with Crippen molar-refractivity contribution in [1.82, 2.24) is 4.98 Å². The molecule has 1 N–H and O–H groups in total. The third kappa shape index (κ3) is 4.73. The summed E-state index contributed by atoms with van der Waals surface area (Å²) in [7, 11) is 0. The van der Waals surface area contributed by atoms with Crippen molar-refractivity contribution in [1.29, 1.82) is 0 Å². The van der Waals surface area contributed by atoms with Crippen LogP contribution in [0.1, 0.15) is 16.7 Å². The Bertz CT molecular complexity index is 892. The zero-order valence-electron chi connectivity index (χ0n) is 14.0. The summed E-state index contributed by atoms with van der Waals surface area (Å²) in [5.74, 6) is -0.166. The number of nitro groups is 1. The van der Waals surface area contributed by atoms with Crippen LogP contribution in [0.25, 0.3) is 0 Å².